The molecular formula is C12H16N2O2S. The molecule has 0 aliphatic rings. The van der Waals surface area contributed by atoms with Gasteiger partial charge in [0.05, 0.1) is 6.04 Å². The zero-order chi connectivity index (χ0) is 12.5. The van der Waals surface area contributed by atoms with Gasteiger partial charge in [0, 0.05) is 5.75 Å². The van der Waals surface area contributed by atoms with Crippen LogP contribution < -0.4 is 11.1 Å². The van der Waals surface area contributed by atoms with Gasteiger partial charge in [0.1, 0.15) is 6.29 Å². The number of rotatable bonds is 6. The molecule has 5 heteroatoms. The summed E-state index contributed by atoms with van der Waals surface area (Å²) in [4.78, 5) is 22.1. The molecule has 0 aromatic heterocycles. The maximum atomic E-state index is 11.5. The fraction of sp³-hybridized carbons (Fsp3) is 0.333. The molecule has 92 valence electrons. The average molecular weight is 252 g/mol. The van der Waals surface area contributed by atoms with Gasteiger partial charge in [-0.25, -0.2) is 0 Å². The first-order valence-electron chi connectivity index (χ1n) is 5.39. The topological polar surface area (TPSA) is 72.2 Å². The molecular weight excluding hydrogens is 236 g/mol. The van der Waals surface area contributed by atoms with Crippen LogP contribution in [-0.4, -0.2) is 24.1 Å². The van der Waals surface area contributed by atoms with Crippen LogP contribution in [0.2, 0.25) is 0 Å². The van der Waals surface area contributed by atoms with Crippen molar-refractivity contribution in [1.82, 2.24) is 5.32 Å². The SMILES string of the molecule is NCC[C@@H](C=O)NC(=O)SCc1ccccc1. The van der Waals surface area contributed by atoms with Crippen molar-refractivity contribution in [1.29, 1.82) is 0 Å². The van der Waals surface area contributed by atoms with Crippen molar-refractivity contribution in [2.45, 2.75) is 18.2 Å². The molecule has 0 saturated heterocycles. The predicted molar refractivity (Wildman–Crippen MR) is 69.8 cm³/mol. The zero-order valence-corrected chi connectivity index (χ0v) is 10.3. The Kier molecular flexibility index (Phi) is 6.35. The van der Waals surface area contributed by atoms with Crippen molar-refractivity contribution >= 4 is 23.3 Å². The fourth-order valence-electron chi connectivity index (χ4n) is 1.27. The summed E-state index contributed by atoms with van der Waals surface area (Å²) in [5, 5.41) is 2.42. The summed E-state index contributed by atoms with van der Waals surface area (Å²) in [7, 11) is 0. The molecule has 3 N–H and O–H groups in total. The van der Waals surface area contributed by atoms with E-state index < -0.39 is 6.04 Å². The number of hydrogen-bond acceptors (Lipinski definition) is 4. The molecule has 0 heterocycles. The maximum Gasteiger partial charge on any atom is 0.279 e. The van der Waals surface area contributed by atoms with E-state index in [4.69, 9.17) is 5.73 Å². The number of carbonyl (C=O) groups is 2. The molecule has 0 bridgehead atoms. The normalized spacial score (nSPS) is 11.8. The summed E-state index contributed by atoms with van der Waals surface area (Å²) in [6.07, 6.45) is 1.19. The predicted octanol–water partition coefficient (Wildman–Crippen LogP) is 1.55. The van der Waals surface area contributed by atoms with Crippen molar-refractivity contribution in [3.8, 4) is 0 Å². The van der Waals surface area contributed by atoms with E-state index in [-0.39, 0.29) is 5.24 Å². The Labute approximate surface area is 105 Å². The molecule has 0 radical (unpaired) electrons. The number of amides is 1. The molecule has 1 aromatic carbocycles. The minimum absolute atomic E-state index is 0.195. The highest BCUT2D eigenvalue weighted by Crippen LogP contribution is 2.12. The number of aldehydes is 1. The highest BCUT2D eigenvalue weighted by Gasteiger charge is 2.10. The minimum atomic E-state index is -0.476. The summed E-state index contributed by atoms with van der Waals surface area (Å²) in [6.45, 7) is 0.382. The molecule has 17 heavy (non-hydrogen) atoms. The second-order valence-corrected chi connectivity index (χ2v) is 4.47. The lowest BCUT2D eigenvalue weighted by molar-refractivity contribution is -0.109. The molecule has 0 spiro atoms. The second kappa shape index (κ2) is 7.86. The zero-order valence-electron chi connectivity index (χ0n) is 9.46. The number of thioether (sulfide) groups is 1. The molecule has 0 saturated carbocycles. The van der Waals surface area contributed by atoms with Crippen LogP contribution in [0.3, 0.4) is 0 Å². The molecule has 1 atom stereocenters. The summed E-state index contributed by atoms with van der Waals surface area (Å²) in [5.41, 5.74) is 6.41. The monoisotopic (exact) mass is 252 g/mol. The van der Waals surface area contributed by atoms with Gasteiger partial charge < -0.3 is 15.8 Å². The molecule has 0 aliphatic heterocycles. The number of hydrogen-bond donors (Lipinski definition) is 2. The third-order valence-electron chi connectivity index (χ3n) is 2.16. The first-order valence-corrected chi connectivity index (χ1v) is 6.37. The van der Waals surface area contributed by atoms with Crippen LogP contribution in [0.25, 0.3) is 0 Å². The van der Waals surface area contributed by atoms with E-state index in [1.165, 1.54) is 0 Å². The largest absolute Gasteiger partial charge is 0.337 e. The highest BCUT2D eigenvalue weighted by molar-refractivity contribution is 8.12. The summed E-state index contributed by atoms with van der Waals surface area (Å²) >= 11 is 1.15. The standard InChI is InChI=1S/C12H16N2O2S/c13-7-6-11(8-15)14-12(16)17-9-10-4-2-1-3-5-10/h1-5,8,11H,6-7,9,13H2,(H,14,16)/t11-/m0/s1. The van der Waals surface area contributed by atoms with Gasteiger partial charge in [0.25, 0.3) is 5.24 Å². The number of carbonyl (C=O) groups excluding carboxylic acids is 2. The van der Waals surface area contributed by atoms with Crippen molar-refractivity contribution in [2.24, 2.45) is 5.73 Å². The minimum Gasteiger partial charge on any atom is -0.337 e. The van der Waals surface area contributed by atoms with E-state index in [1.807, 2.05) is 30.3 Å². The second-order valence-electron chi connectivity index (χ2n) is 3.53. The first-order chi connectivity index (χ1) is 8.26. The molecule has 1 rings (SSSR count). The van der Waals surface area contributed by atoms with Gasteiger partial charge in [-0.1, -0.05) is 42.1 Å². The van der Waals surface area contributed by atoms with Crippen molar-refractivity contribution in [2.75, 3.05) is 6.54 Å². The Morgan fingerprint density at radius 2 is 2.12 bits per heavy atom. The highest BCUT2D eigenvalue weighted by atomic mass is 32.2. The quantitative estimate of drug-likeness (QED) is 0.753. The molecule has 0 fully saturated rings. The number of benzene rings is 1. The molecule has 1 aromatic rings. The third kappa shape index (κ3) is 5.51. The van der Waals surface area contributed by atoms with E-state index in [9.17, 15) is 9.59 Å². The fourth-order valence-corrected chi connectivity index (χ4v) is 1.99. The van der Waals surface area contributed by atoms with Gasteiger partial charge in [0.15, 0.2) is 0 Å². The molecule has 0 unspecified atom stereocenters. The summed E-state index contributed by atoms with van der Waals surface area (Å²) in [6, 6.07) is 9.22. The van der Waals surface area contributed by atoms with Gasteiger partial charge >= 0.3 is 0 Å². The van der Waals surface area contributed by atoms with Gasteiger partial charge in [0.2, 0.25) is 0 Å². The molecule has 4 nitrogen and oxygen atoms in total. The third-order valence-corrected chi connectivity index (χ3v) is 3.02. The smallest absolute Gasteiger partial charge is 0.279 e. The lowest BCUT2D eigenvalue weighted by Gasteiger charge is -2.10. The maximum absolute atomic E-state index is 11.5. The molecule has 1 amide bonds. The van der Waals surface area contributed by atoms with Gasteiger partial charge in [-0.2, -0.15) is 0 Å². The first kappa shape index (κ1) is 13.7. The van der Waals surface area contributed by atoms with Crippen LogP contribution in [0.15, 0.2) is 30.3 Å². The van der Waals surface area contributed by atoms with Crippen LogP contribution in [0.1, 0.15) is 12.0 Å². The van der Waals surface area contributed by atoms with E-state index >= 15 is 0 Å². The Hall–Kier alpha value is -1.33. The van der Waals surface area contributed by atoms with Gasteiger partial charge in [-0.3, -0.25) is 4.79 Å². The Morgan fingerprint density at radius 1 is 1.41 bits per heavy atom. The molecule has 0 aliphatic carbocycles. The van der Waals surface area contributed by atoms with Crippen LogP contribution in [-0.2, 0) is 10.5 Å². The van der Waals surface area contributed by atoms with Crippen LogP contribution in [0.5, 0.6) is 0 Å². The Balaban J connectivity index is 2.32. The van der Waals surface area contributed by atoms with E-state index in [2.05, 4.69) is 5.32 Å². The van der Waals surface area contributed by atoms with E-state index in [0.717, 1.165) is 17.3 Å². The van der Waals surface area contributed by atoms with Crippen LogP contribution in [0, 0.1) is 0 Å². The van der Waals surface area contributed by atoms with Gasteiger partial charge in [-0.15, -0.1) is 0 Å². The lowest BCUT2D eigenvalue weighted by atomic mass is 10.2. The van der Waals surface area contributed by atoms with Crippen LogP contribution >= 0.6 is 11.8 Å². The van der Waals surface area contributed by atoms with Crippen molar-refractivity contribution in [3.63, 3.8) is 0 Å². The number of nitrogens with one attached hydrogen (secondary N) is 1. The summed E-state index contributed by atoms with van der Waals surface area (Å²) in [5.74, 6) is 0.598. The average Bonchev–Trinajstić information content (AvgIpc) is 2.37. The Bertz CT molecular complexity index is 357. The van der Waals surface area contributed by atoms with Crippen molar-refractivity contribution in [3.05, 3.63) is 35.9 Å². The summed E-state index contributed by atoms with van der Waals surface area (Å²) < 4.78 is 0. The van der Waals surface area contributed by atoms with E-state index in [1.54, 1.807) is 0 Å². The van der Waals surface area contributed by atoms with Gasteiger partial charge in [-0.05, 0) is 18.5 Å². The lowest BCUT2D eigenvalue weighted by Crippen LogP contribution is -2.35. The number of nitrogens with two attached hydrogens (primary N) is 1. The van der Waals surface area contributed by atoms with Crippen LogP contribution in [0.4, 0.5) is 4.79 Å². The van der Waals surface area contributed by atoms with E-state index in [0.29, 0.717) is 25.0 Å². The Morgan fingerprint density at radius 3 is 2.71 bits per heavy atom. The van der Waals surface area contributed by atoms with Crippen molar-refractivity contribution < 1.29 is 9.59 Å².